The lowest BCUT2D eigenvalue weighted by Gasteiger charge is -2.23. The van der Waals surface area contributed by atoms with E-state index in [1.54, 1.807) is 0 Å². The summed E-state index contributed by atoms with van der Waals surface area (Å²) in [6.45, 7) is 1.80. The highest BCUT2D eigenvalue weighted by Gasteiger charge is 2.21. The number of anilines is 2. The molecule has 0 saturated heterocycles. The summed E-state index contributed by atoms with van der Waals surface area (Å²) in [6, 6.07) is 21.4. The van der Waals surface area contributed by atoms with Gasteiger partial charge in [0.2, 0.25) is 0 Å². The molecular formula is C40H40N6. The van der Waals surface area contributed by atoms with Crippen molar-refractivity contribution in [1.29, 1.82) is 0 Å². The monoisotopic (exact) mass is 604 g/mol. The number of aryl methyl sites for hydroxylation is 1. The summed E-state index contributed by atoms with van der Waals surface area (Å²) in [5.74, 6) is 0. The van der Waals surface area contributed by atoms with Crippen LogP contribution < -0.4 is 27.4 Å². The first-order chi connectivity index (χ1) is 22.6. The van der Waals surface area contributed by atoms with E-state index in [9.17, 15) is 0 Å². The Labute approximate surface area is 271 Å². The molecule has 7 N–H and O–H groups in total. The molecule has 6 heteroatoms. The van der Waals surface area contributed by atoms with Crippen LogP contribution in [0.25, 0.3) is 11.6 Å². The lowest BCUT2D eigenvalue weighted by Crippen LogP contribution is -2.29. The molecule has 4 heterocycles. The Morgan fingerprint density at radius 1 is 0.957 bits per heavy atom. The van der Waals surface area contributed by atoms with Crippen LogP contribution in [0.5, 0.6) is 0 Å². The number of nitrogen functional groups attached to an aromatic ring is 1. The first-order valence-electron chi connectivity index (χ1n) is 16.1. The van der Waals surface area contributed by atoms with Gasteiger partial charge in [-0.05, 0) is 82.8 Å². The van der Waals surface area contributed by atoms with Crippen molar-refractivity contribution in [2.75, 3.05) is 24.1 Å². The molecule has 0 bridgehead atoms. The van der Waals surface area contributed by atoms with Gasteiger partial charge in [-0.2, -0.15) is 0 Å². The van der Waals surface area contributed by atoms with E-state index in [0.29, 0.717) is 0 Å². The molecule has 0 amide bonds. The summed E-state index contributed by atoms with van der Waals surface area (Å²) in [5.41, 5.74) is 27.1. The van der Waals surface area contributed by atoms with Crippen LogP contribution in [-0.2, 0) is 12.8 Å². The molecule has 0 radical (unpaired) electrons. The Morgan fingerprint density at radius 2 is 1.85 bits per heavy atom. The minimum atomic E-state index is -0.0433. The number of allylic oxidation sites excluding steroid dienone is 8. The van der Waals surface area contributed by atoms with Gasteiger partial charge in [0.15, 0.2) is 0 Å². The van der Waals surface area contributed by atoms with E-state index in [1.807, 2.05) is 18.4 Å². The minimum absolute atomic E-state index is 0.0433. The third kappa shape index (κ3) is 6.33. The standard InChI is InChI=1S/C40H40N6/c41-35(37-12-4-6-22-44-37)26-30(19-20-34-10-3-5-21-43-34)27-13-15-29(16-14-27)39-33(24-31-8-1-2-11-36(31)46-39)25-32-18-17-28-9-7-23-45-40(28)38(32)42/h1-6,8,10-19,22,25-26,37,43-45H,7,9,20-21,23-24,41-42H2/b30-19+,33-25+,35-26-. The largest absolute Gasteiger partial charge is 0.400 e. The number of para-hydroxylation sites is 1. The van der Waals surface area contributed by atoms with E-state index >= 15 is 0 Å². The average Bonchev–Trinajstić information content (AvgIpc) is 3.12. The molecule has 6 nitrogen and oxygen atoms in total. The maximum absolute atomic E-state index is 6.74. The molecule has 4 aliphatic heterocycles. The molecule has 0 spiro atoms. The Balaban J connectivity index is 1.24. The van der Waals surface area contributed by atoms with Gasteiger partial charge in [0.05, 0.1) is 28.8 Å². The predicted molar refractivity (Wildman–Crippen MR) is 194 cm³/mol. The predicted octanol–water partition coefficient (Wildman–Crippen LogP) is 7.09. The third-order valence-electron chi connectivity index (χ3n) is 8.91. The highest BCUT2D eigenvalue weighted by atomic mass is 14.9. The second kappa shape index (κ2) is 13.2. The van der Waals surface area contributed by atoms with Crippen molar-refractivity contribution in [3.63, 3.8) is 0 Å². The van der Waals surface area contributed by atoms with Crippen LogP contribution >= 0.6 is 0 Å². The Kier molecular flexibility index (Phi) is 8.42. The Hall–Kier alpha value is -5.49. The SMILES string of the molecule is N/C(=C\C(=C/CC1=CC=CCN1)c1ccc(C2=Nc3ccccc3C/C2=C\c2ccc3c(c2N)NCCC3)cc1)C1C=CC=CN1. The van der Waals surface area contributed by atoms with Crippen molar-refractivity contribution in [2.45, 2.75) is 31.7 Å². The van der Waals surface area contributed by atoms with Crippen LogP contribution in [0.4, 0.5) is 17.1 Å². The molecule has 4 aliphatic rings. The first kappa shape index (κ1) is 29.2. The fourth-order valence-corrected chi connectivity index (χ4v) is 6.39. The molecule has 1 unspecified atom stereocenters. The topological polar surface area (TPSA) is 100 Å². The average molecular weight is 605 g/mol. The second-order valence-corrected chi connectivity index (χ2v) is 12.0. The number of hydrogen-bond acceptors (Lipinski definition) is 6. The smallest absolute Gasteiger partial charge is 0.0840 e. The van der Waals surface area contributed by atoms with Crippen LogP contribution in [0, 0.1) is 0 Å². The van der Waals surface area contributed by atoms with E-state index in [2.05, 4.69) is 119 Å². The maximum Gasteiger partial charge on any atom is 0.0840 e. The van der Waals surface area contributed by atoms with Crippen molar-refractivity contribution in [1.82, 2.24) is 10.6 Å². The number of nitrogens with one attached hydrogen (secondary N) is 3. The normalized spacial score (nSPS) is 19.7. The van der Waals surface area contributed by atoms with E-state index in [-0.39, 0.29) is 6.04 Å². The summed E-state index contributed by atoms with van der Waals surface area (Å²) in [6.07, 6.45) is 24.7. The molecule has 46 heavy (non-hydrogen) atoms. The van der Waals surface area contributed by atoms with Crippen molar-refractivity contribution in [3.8, 4) is 0 Å². The zero-order valence-corrected chi connectivity index (χ0v) is 26.0. The zero-order chi connectivity index (χ0) is 31.3. The van der Waals surface area contributed by atoms with Gasteiger partial charge in [0, 0.05) is 42.9 Å². The van der Waals surface area contributed by atoms with Gasteiger partial charge in [-0.15, -0.1) is 0 Å². The number of hydrogen-bond donors (Lipinski definition) is 5. The summed E-state index contributed by atoms with van der Waals surface area (Å²) in [7, 11) is 0. The molecule has 0 fully saturated rings. The third-order valence-corrected chi connectivity index (χ3v) is 8.91. The minimum Gasteiger partial charge on any atom is -0.400 e. The fraction of sp³-hybridized carbons (Fsp3) is 0.175. The molecule has 7 rings (SSSR count). The van der Waals surface area contributed by atoms with Crippen LogP contribution in [0.1, 0.15) is 40.7 Å². The van der Waals surface area contributed by atoms with Gasteiger partial charge in [0.1, 0.15) is 0 Å². The van der Waals surface area contributed by atoms with Gasteiger partial charge in [-0.1, -0.05) is 85.0 Å². The van der Waals surface area contributed by atoms with Gasteiger partial charge in [-0.25, -0.2) is 4.99 Å². The van der Waals surface area contributed by atoms with Crippen molar-refractivity contribution < 1.29 is 0 Å². The number of aliphatic imine (C=N–C) groups is 1. The van der Waals surface area contributed by atoms with Gasteiger partial charge in [-0.3, -0.25) is 0 Å². The lowest BCUT2D eigenvalue weighted by atomic mass is 9.89. The number of rotatable bonds is 7. The number of nitrogens with two attached hydrogens (primary N) is 2. The maximum atomic E-state index is 6.74. The molecule has 3 aromatic rings. The number of benzene rings is 3. The van der Waals surface area contributed by atoms with Crippen LogP contribution in [-0.4, -0.2) is 24.8 Å². The summed E-state index contributed by atoms with van der Waals surface area (Å²) in [5, 5.41) is 10.3. The number of dihydropyridines is 2. The molecular weight excluding hydrogens is 564 g/mol. The number of fused-ring (bicyclic) bond motifs is 2. The lowest BCUT2D eigenvalue weighted by molar-refractivity contribution is 0.775. The summed E-state index contributed by atoms with van der Waals surface area (Å²) < 4.78 is 0. The van der Waals surface area contributed by atoms with E-state index < -0.39 is 0 Å². The van der Waals surface area contributed by atoms with Crippen molar-refractivity contribution in [2.24, 2.45) is 10.7 Å². The molecule has 0 aliphatic carbocycles. The van der Waals surface area contributed by atoms with Gasteiger partial charge >= 0.3 is 0 Å². The molecule has 0 aromatic heterocycles. The first-order valence-corrected chi connectivity index (χ1v) is 16.1. The van der Waals surface area contributed by atoms with Gasteiger partial charge < -0.3 is 27.4 Å². The molecule has 1 atom stereocenters. The second-order valence-electron chi connectivity index (χ2n) is 12.0. The fourth-order valence-electron chi connectivity index (χ4n) is 6.39. The molecule has 0 saturated carbocycles. The van der Waals surface area contributed by atoms with Crippen molar-refractivity contribution >= 4 is 34.4 Å². The summed E-state index contributed by atoms with van der Waals surface area (Å²) >= 11 is 0. The summed E-state index contributed by atoms with van der Waals surface area (Å²) in [4.78, 5) is 5.19. The quantitative estimate of drug-likeness (QED) is 0.147. The van der Waals surface area contributed by atoms with Gasteiger partial charge in [0.25, 0.3) is 0 Å². The van der Waals surface area contributed by atoms with E-state index in [1.165, 1.54) is 16.8 Å². The zero-order valence-electron chi connectivity index (χ0n) is 26.0. The molecule has 3 aromatic carbocycles. The number of nitrogens with zero attached hydrogens (tertiary/aromatic N) is 1. The highest BCUT2D eigenvalue weighted by Crippen LogP contribution is 2.36. The van der Waals surface area contributed by atoms with E-state index in [4.69, 9.17) is 16.5 Å². The highest BCUT2D eigenvalue weighted by molar-refractivity contribution is 6.17. The Bertz CT molecular complexity index is 1880. The Morgan fingerprint density at radius 3 is 2.67 bits per heavy atom. The van der Waals surface area contributed by atoms with E-state index in [0.717, 1.165) is 95.1 Å². The van der Waals surface area contributed by atoms with Crippen LogP contribution in [0.2, 0.25) is 0 Å². The molecule has 230 valence electrons. The van der Waals surface area contributed by atoms with Crippen LogP contribution in [0.15, 0.2) is 137 Å². The van der Waals surface area contributed by atoms with Crippen LogP contribution in [0.3, 0.4) is 0 Å². The van der Waals surface area contributed by atoms with Crippen molar-refractivity contribution in [3.05, 3.63) is 160 Å².